The fourth-order valence-corrected chi connectivity index (χ4v) is 4.40. The number of sulfonamides is 1. The van der Waals surface area contributed by atoms with Crippen LogP contribution in [0.1, 0.15) is 44.4 Å². The number of hydrazine groups is 1. The molecule has 0 aliphatic heterocycles. The summed E-state index contributed by atoms with van der Waals surface area (Å²) in [5.74, 6) is 0.855. The van der Waals surface area contributed by atoms with E-state index >= 15 is 0 Å². The van der Waals surface area contributed by atoms with E-state index in [0.29, 0.717) is 17.7 Å². The predicted molar refractivity (Wildman–Crippen MR) is 105 cm³/mol. The topological polar surface area (TPSA) is 118 Å². The fourth-order valence-electron chi connectivity index (χ4n) is 3.01. The lowest BCUT2D eigenvalue weighted by molar-refractivity contribution is 0.0686. The molecule has 30 heavy (non-hydrogen) atoms. The molecule has 10 heteroatoms. The van der Waals surface area contributed by atoms with E-state index in [1.54, 1.807) is 0 Å². The van der Waals surface area contributed by atoms with Crippen LogP contribution < -0.4 is 10.3 Å². The molecule has 0 spiro atoms. The zero-order valence-electron chi connectivity index (χ0n) is 15.6. The molecule has 158 valence electrons. The highest BCUT2D eigenvalue weighted by Crippen LogP contribution is 2.34. The monoisotopic (exact) mass is 436 g/mol. The van der Waals surface area contributed by atoms with Gasteiger partial charge in [-0.2, -0.15) is 0 Å². The molecule has 3 rings (SSSR count). The molecule has 1 atom stereocenters. The number of ketones is 1. The maximum Gasteiger partial charge on any atom is 0.341 e. The number of carbonyl (C=O) groups is 2. The molecule has 2 aromatic carbocycles. The van der Waals surface area contributed by atoms with Crippen molar-refractivity contribution in [2.45, 2.75) is 18.1 Å². The van der Waals surface area contributed by atoms with Crippen LogP contribution in [0.3, 0.4) is 0 Å². The molecular formula is C20H18F2N2O5S. The number of nitrogens with zero attached hydrogens (tertiary/aromatic N) is 1. The number of nitrogens with two attached hydrogens (primary N) is 1. The quantitative estimate of drug-likeness (QED) is 0.284. The van der Waals surface area contributed by atoms with E-state index in [1.165, 1.54) is 24.3 Å². The third-order valence-electron chi connectivity index (χ3n) is 4.78. The summed E-state index contributed by atoms with van der Waals surface area (Å²) in [4.78, 5) is 23.0. The second kappa shape index (κ2) is 7.96. The smallest absolute Gasteiger partial charge is 0.341 e. The Morgan fingerprint density at radius 1 is 1.17 bits per heavy atom. The normalized spacial score (nSPS) is 14.8. The Morgan fingerprint density at radius 3 is 2.13 bits per heavy atom. The van der Waals surface area contributed by atoms with Gasteiger partial charge in [-0.1, -0.05) is 30.3 Å². The number of hydrogen-bond acceptors (Lipinski definition) is 5. The highest BCUT2D eigenvalue weighted by molar-refractivity contribution is 7.93. The number of carboxylic acids is 1. The lowest BCUT2D eigenvalue weighted by Crippen LogP contribution is -2.40. The summed E-state index contributed by atoms with van der Waals surface area (Å²) in [5.41, 5.74) is -1.11. The first-order chi connectivity index (χ1) is 14.1. The van der Waals surface area contributed by atoms with Gasteiger partial charge in [0.25, 0.3) is 10.0 Å². The minimum atomic E-state index is -4.43. The first-order valence-electron chi connectivity index (χ1n) is 8.85. The first kappa shape index (κ1) is 21.6. The van der Waals surface area contributed by atoms with Gasteiger partial charge in [-0.25, -0.2) is 32.3 Å². The Balaban J connectivity index is 1.93. The summed E-state index contributed by atoms with van der Waals surface area (Å²) in [7, 11) is -4.43. The summed E-state index contributed by atoms with van der Waals surface area (Å²) in [6.45, 7) is 3.49. The van der Waals surface area contributed by atoms with E-state index < -0.39 is 44.1 Å². The summed E-state index contributed by atoms with van der Waals surface area (Å²) < 4.78 is 54.0. The molecule has 0 heterocycles. The van der Waals surface area contributed by atoms with Gasteiger partial charge in [0.05, 0.1) is 5.69 Å². The van der Waals surface area contributed by atoms with Crippen LogP contribution >= 0.6 is 0 Å². The number of rotatable bonds is 8. The van der Waals surface area contributed by atoms with Gasteiger partial charge in [-0.3, -0.25) is 4.79 Å². The maximum absolute atomic E-state index is 14.0. The van der Waals surface area contributed by atoms with Gasteiger partial charge in [0.1, 0.15) is 22.4 Å². The Labute approximate surface area is 171 Å². The van der Waals surface area contributed by atoms with Crippen molar-refractivity contribution < 1.29 is 31.9 Å². The van der Waals surface area contributed by atoms with E-state index in [4.69, 9.17) is 10.9 Å². The van der Waals surface area contributed by atoms with Crippen LogP contribution in [0.4, 0.5) is 14.5 Å². The van der Waals surface area contributed by atoms with Crippen molar-refractivity contribution >= 4 is 27.5 Å². The van der Waals surface area contributed by atoms with E-state index in [2.05, 4.69) is 6.58 Å². The summed E-state index contributed by atoms with van der Waals surface area (Å²) in [6, 6.07) is 6.93. The largest absolute Gasteiger partial charge is 0.477 e. The summed E-state index contributed by atoms with van der Waals surface area (Å²) in [5, 5.41) is 7.45. The second-order valence-electron chi connectivity index (χ2n) is 6.85. The molecule has 0 bridgehead atoms. The Bertz CT molecular complexity index is 1110. The highest BCUT2D eigenvalue weighted by Gasteiger charge is 2.33. The minimum absolute atomic E-state index is 0.00730. The van der Waals surface area contributed by atoms with Crippen LogP contribution in [0.15, 0.2) is 49.1 Å². The van der Waals surface area contributed by atoms with Crippen molar-refractivity contribution in [1.29, 1.82) is 0 Å². The third kappa shape index (κ3) is 3.96. The first-order valence-corrected chi connectivity index (χ1v) is 10.4. The number of aromatic carboxylic acids is 1. The molecule has 7 nitrogen and oxygen atoms in total. The number of carboxylic acid groups (broad SMARTS) is 1. The standard InChI is InChI=1S/C20H18F2N2O5S/c1-2-17(11-3-5-12(6-4-11)19(25)13-7-8-13)30(28,29)24(23)14-9-15(21)18(20(26)27)16(22)10-14/h2-6,9-10,13,17H,1,7-8,23H2,(H,26,27). The SMILES string of the molecule is C=CC(c1ccc(C(=O)C2CC2)cc1)S(=O)(=O)N(N)c1cc(F)c(C(=O)O)c(F)c1. The Morgan fingerprint density at radius 2 is 1.70 bits per heavy atom. The van der Waals surface area contributed by atoms with Crippen LogP contribution in [-0.4, -0.2) is 25.3 Å². The number of carbonyl (C=O) groups excluding carboxylic acids is 1. The van der Waals surface area contributed by atoms with Crippen LogP contribution in [0.25, 0.3) is 0 Å². The van der Waals surface area contributed by atoms with Crippen molar-refractivity contribution in [3.8, 4) is 0 Å². The van der Waals surface area contributed by atoms with Crippen molar-refractivity contribution in [3.05, 3.63) is 77.4 Å². The Kier molecular flexibility index (Phi) is 5.73. The van der Waals surface area contributed by atoms with Crippen molar-refractivity contribution in [2.24, 2.45) is 11.8 Å². The van der Waals surface area contributed by atoms with Crippen molar-refractivity contribution in [1.82, 2.24) is 0 Å². The molecule has 0 saturated heterocycles. The second-order valence-corrected chi connectivity index (χ2v) is 8.78. The van der Waals surface area contributed by atoms with Gasteiger partial charge in [0.15, 0.2) is 5.78 Å². The van der Waals surface area contributed by atoms with Crippen molar-refractivity contribution in [2.75, 3.05) is 4.41 Å². The van der Waals surface area contributed by atoms with E-state index in [1.807, 2.05) is 0 Å². The van der Waals surface area contributed by atoms with Gasteiger partial charge in [-0.05, 0) is 18.4 Å². The van der Waals surface area contributed by atoms with Gasteiger partial charge < -0.3 is 5.11 Å². The number of benzene rings is 2. The molecule has 0 radical (unpaired) electrons. The third-order valence-corrected chi connectivity index (χ3v) is 6.64. The Hall–Kier alpha value is -3.11. The number of anilines is 1. The van der Waals surface area contributed by atoms with Crippen LogP contribution in [0.2, 0.25) is 0 Å². The van der Waals surface area contributed by atoms with E-state index in [0.717, 1.165) is 18.9 Å². The van der Waals surface area contributed by atoms with Crippen LogP contribution in [-0.2, 0) is 10.0 Å². The van der Waals surface area contributed by atoms with E-state index in [9.17, 15) is 26.8 Å². The van der Waals surface area contributed by atoms with Crippen LogP contribution in [0.5, 0.6) is 0 Å². The van der Waals surface area contributed by atoms with E-state index in [-0.39, 0.29) is 21.7 Å². The van der Waals surface area contributed by atoms with Crippen LogP contribution in [0, 0.1) is 17.6 Å². The average Bonchev–Trinajstić information content (AvgIpc) is 3.52. The minimum Gasteiger partial charge on any atom is -0.477 e. The van der Waals surface area contributed by atoms with Gasteiger partial charge in [0, 0.05) is 23.6 Å². The number of hydrogen-bond donors (Lipinski definition) is 2. The molecule has 1 aliphatic rings. The van der Waals surface area contributed by atoms with Gasteiger partial charge in [0.2, 0.25) is 0 Å². The predicted octanol–water partition coefficient (Wildman–Crippen LogP) is 3.19. The lowest BCUT2D eigenvalue weighted by atomic mass is 10.0. The zero-order chi connectivity index (χ0) is 22.2. The number of Topliss-reactive ketones (excluding diaryl/α,β-unsaturated/α-hetero) is 1. The molecular weight excluding hydrogens is 418 g/mol. The van der Waals surface area contributed by atoms with Crippen molar-refractivity contribution in [3.63, 3.8) is 0 Å². The zero-order valence-corrected chi connectivity index (χ0v) is 16.4. The number of halogens is 2. The van der Waals surface area contributed by atoms with Gasteiger partial charge >= 0.3 is 5.97 Å². The molecule has 0 aromatic heterocycles. The molecule has 1 aliphatic carbocycles. The molecule has 1 unspecified atom stereocenters. The lowest BCUT2D eigenvalue weighted by Gasteiger charge is -2.24. The highest BCUT2D eigenvalue weighted by atomic mass is 32.2. The maximum atomic E-state index is 14.0. The summed E-state index contributed by atoms with van der Waals surface area (Å²) >= 11 is 0. The fraction of sp³-hybridized carbons (Fsp3) is 0.200. The van der Waals surface area contributed by atoms with Gasteiger partial charge in [-0.15, -0.1) is 6.58 Å². The summed E-state index contributed by atoms with van der Waals surface area (Å²) in [6.07, 6.45) is 2.76. The molecule has 2 aromatic rings. The molecule has 1 saturated carbocycles. The average molecular weight is 436 g/mol. The molecule has 0 amide bonds. The molecule has 3 N–H and O–H groups in total. The molecule has 1 fully saturated rings.